The molecular weight excluding hydrogens is 441 g/mol. The van der Waals surface area contributed by atoms with Gasteiger partial charge >= 0.3 is 0 Å². The van der Waals surface area contributed by atoms with E-state index in [-0.39, 0.29) is 35.7 Å². The molecule has 3 aromatic rings. The Kier molecular flexibility index (Phi) is 7.94. The van der Waals surface area contributed by atoms with Crippen LogP contribution in [0.4, 0.5) is 4.39 Å². The molecule has 1 fully saturated rings. The molecule has 0 saturated carbocycles. The van der Waals surface area contributed by atoms with Crippen molar-refractivity contribution in [2.24, 2.45) is 0 Å². The monoisotopic (exact) mass is 465 g/mol. The topological polar surface area (TPSA) is 75.4 Å². The van der Waals surface area contributed by atoms with Gasteiger partial charge in [0.15, 0.2) is 11.4 Å². The molecule has 166 valence electrons. The van der Waals surface area contributed by atoms with Crippen LogP contribution in [0, 0.1) is 5.82 Å². The van der Waals surface area contributed by atoms with Crippen molar-refractivity contribution in [3.05, 3.63) is 51.6 Å². The van der Waals surface area contributed by atoms with E-state index < -0.39 is 0 Å². The molecule has 31 heavy (non-hydrogen) atoms. The zero-order valence-corrected chi connectivity index (χ0v) is 18.9. The Morgan fingerprint density at radius 3 is 2.77 bits per heavy atom. The van der Waals surface area contributed by atoms with Crippen molar-refractivity contribution in [3.63, 3.8) is 0 Å². The van der Waals surface area contributed by atoms with E-state index in [1.165, 1.54) is 23.5 Å². The zero-order valence-electron chi connectivity index (χ0n) is 17.2. The first-order valence-electron chi connectivity index (χ1n) is 10.1. The maximum Gasteiger partial charge on any atom is 0.186 e. The van der Waals surface area contributed by atoms with Gasteiger partial charge in [-0.05, 0) is 57.1 Å². The first kappa shape index (κ1) is 23.5. The van der Waals surface area contributed by atoms with E-state index in [1.807, 2.05) is 12.1 Å². The number of hydrogen-bond donors (Lipinski definition) is 1. The number of ketones is 2. The lowest BCUT2D eigenvalue weighted by Gasteiger charge is -2.30. The molecule has 1 aliphatic heterocycles. The molecule has 0 unspecified atom stereocenters. The SMILES string of the molecule is CC(=O)CNCc1ccc(C(=O)CN2CCC(c3noc4cc(F)ccc34)CC2)s1.Cl. The Balaban J connectivity index is 0.00000272. The molecule has 3 heterocycles. The molecule has 1 saturated heterocycles. The summed E-state index contributed by atoms with van der Waals surface area (Å²) in [5, 5.41) is 8.12. The number of hydrogen-bond acceptors (Lipinski definition) is 7. The van der Waals surface area contributed by atoms with Crippen molar-refractivity contribution in [2.45, 2.75) is 32.2 Å². The number of carbonyl (C=O) groups is 2. The molecule has 0 spiro atoms. The van der Waals surface area contributed by atoms with Crippen LogP contribution in [0.25, 0.3) is 11.0 Å². The summed E-state index contributed by atoms with van der Waals surface area (Å²) in [4.78, 5) is 27.6. The maximum absolute atomic E-state index is 13.4. The number of thiophene rings is 1. The second-order valence-electron chi connectivity index (χ2n) is 7.75. The van der Waals surface area contributed by atoms with Crippen LogP contribution in [0.2, 0.25) is 0 Å². The zero-order chi connectivity index (χ0) is 21.1. The van der Waals surface area contributed by atoms with Gasteiger partial charge in [-0.2, -0.15) is 0 Å². The second kappa shape index (κ2) is 10.5. The Bertz CT molecular complexity index is 1060. The minimum Gasteiger partial charge on any atom is -0.356 e. The lowest BCUT2D eigenvalue weighted by atomic mass is 9.91. The van der Waals surface area contributed by atoms with Crippen molar-refractivity contribution < 1.29 is 18.5 Å². The van der Waals surface area contributed by atoms with Crippen molar-refractivity contribution in [2.75, 3.05) is 26.2 Å². The summed E-state index contributed by atoms with van der Waals surface area (Å²) < 4.78 is 18.6. The van der Waals surface area contributed by atoms with Gasteiger partial charge in [-0.1, -0.05) is 5.16 Å². The third kappa shape index (κ3) is 5.77. The maximum atomic E-state index is 13.4. The van der Waals surface area contributed by atoms with Crippen LogP contribution in [-0.2, 0) is 11.3 Å². The minimum absolute atomic E-state index is 0. The number of halogens is 2. The van der Waals surface area contributed by atoms with Crippen molar-refractivity contribution in [1.29, 1.82) is 0 Å². The van der Waals surface area contributed by atoms with Crippen LogP contribution in [0.15, 0.2) is 34.9 Å². The number of likely N-dealkylation sites (tertiary alicyclic amines) is 1. The second-order valence-corrected chi connectivity index (χ2v) is 8.92. The fraction of sp³-hybridized carbons (Fsp3) is 0.409. The van der Waals surface area contributed by atoms with Gasteiger partial charge in [-0.3, -0.25) is 14.5 Å². The average Bonchev–Trinajstić information content (AvgIpc) is 3.35. The third-order valence-corrected chi connectivity index (χ3v) is 6.54. The predicted molar refractivity (Wildman–Crippen MR) is 121 cm³/mol. The summed E-state index contributed by atoms with van der Waals surface area (Å²) >= 11 is 1.48. The number of fused-ring (bicyclic) bond motifs is 1. The molecule has 0 atom stereocenters. The lowest BCUT2D eigenvalue weighted by Crippen LogP contribution is -2.36. The standard InChI is InChI=1S/C22H24FN3O3S.ClH/c1-14(27)11-24-12-17-3-5-21(30-17)19(28)13-26-8-6-15(7-9-26)22-18-4-2-16(23)10-20(18)29-25-22;/h2-5,10,15,24H,6-9,11-13H2,1H3;1H. The van der Waals surface area contributed by atoms with E-state index in [0.717, 1.165) is 46.8 Å². The van der Waals surface area contributed by atoms with Crippen LogP contribution in [0.5, 0.6) is 0 Å². The fourth-order valence-corrected chi connectivity index (χ4v) is 4.76. The summed E-state index contributed by atoms with van der Waals surface area (Å²) in [5.41, 5.74) is 1.37. The number of carbonyl (C=O) groups excluding carboxylic acids is 2. The molecule has 4 rings (SSSR count). The molecule has 1 aliphatic rings. The Hall–Kier alpha value is -2.13. The number of piperidine rings is 1. The van der Waals surface area contributed by atoms with E-state index in [0.29, 0.717) is 25.2 Å². The van der Waals surface area contributed by atoms with Crippen molar-refractivity contribution in [1.82, 2.24) is 15.4 Å². The Morgan fingerprint density at radius 2 is 2.03 bits per heavy atom. The van der Waals surface area contributed by atoms with Gasteiger partial charge in [0, 0.05) is 28.8 Å². The van der Waals surface area contributed by atoms with Crippen LogP contribution < -0.4 is 5.32 Å². The first-order chi connectivity index (χ1) is 14.5. The van der Waals surface area contributed by atoms with Gasteiger partial charge in [0.05, 0.1) is 23.7 Å². The lowest BCUT2D eigenvalue weighted by molar-refractivity contribution is -0.116. The van der Waals surface area contributed by atoms with E-state index in [4.69, 9.17) is 4.52 Å². The smallest absolute Gasteiger partial charge is 0.186 e. The first-order valence-corrected chi connectivity index (χ1v) is 10.9. The van der Waals surface area contributed by atoms with Crippen LogP contribution >= 0.6 is 23.7 Å². The molecule has 1 N–H and O–H groups in total. The van der Waals surface area contributed by atoms with E-state index in [2.05, 4.69) is 15.4 Å². The average molecular weight is 466 g/mol. The molecule has 0 radical (unpaired) electrons. The summed E-state index contributed by atoms with van der Waals surface area (Å²) in [6, 6.07) is 8.33. The third-order valence-electron chi connectivity index (χ3n) is 5.41. The van der Waals surface area contributed by atoms with Gasteiger partial charge in [-0.15, -0.1) is 23.7 Å². The minimum atomic E-state index is -0.329. The van der Waals surface area contributed by atoms with Gasteiger partial charge in [0.25, 0.3) is 0 Å². The van der Waals surface area contributed by atoms with Gasteiger partial charge in [0.1, 0.15) is 11.6 Å². The number of nitrogens with zero attached hydrogens (tertiary/aromatic N) is 2. The van der Waals surface area contributed by atoms with E-state index in [9.17, 15) is 14.0 Å². The van der Waals surface area contributed by atoms with Gasteiger partial charge in [0.2, 0.25) is 0 Å². The molecule has 2 aromatic heterocycles. The highest BCUT2D eigenvalue weighted by atomic mass is 35.5. The predicted octanol–water partition coefficient (Wildman–Crippen LogP) is 4.19. The van der Waals surface area contributed by atoms with Gasteiger partial charge in [-0.25, -0.2) is 4.39 Å². The van der Waals surface area contributed by atoms with E-state index >= 15 is 0 Å². The van der Waals surface area contributed by atoms with Gasteiger partial charge < -0.3 is 9.84 Å². The normalized spacial score (nSPS) is 15.2. The van der Waals surface area contributed by atoms with E-state index in [1.54, 1.807) is 13.0 Å². The summed E-state index contributed by atoms with van der Waals surface area (Å²) in [6.45, 7) is 4.50. The van der Waals surface area contributed by atoms with Crippen LogP contribution in [-0.4, -0.2) is 47.8 Å². The molecule has 0 bridgehead atoms. The largest absolute Gasteiger partial charge is 0.356 e. The van der Waals surface area contributed by atoms with Crippen LogP contribution in [0.3, 0.4) is 0 Å². The highest BCUT2D eigenvalue weighted by molar-refractivity contribution is 7.14. The number of benzene rings is 1. The summed E-state index contributed by atoms with van der Waals surface area (Å²) in [6.07, 6.45) is 1.77. The number of rotatable bonds is 8. The molecule has 0 aliphatic carbocycles. The molecule has 1 aromatic carbocycles. The quantitative estimate of drug-likeness (QED) is 0.503. The highest BCUT2D eigenvalue weighted by Gasteiger charge is 2.26. The Morgan fingerprint density at radius 1 is 1.26 bits per heavy atom. The summed E-state index contributed by atoms with van der Waals surface area (Å²) in [7, 11) is 0. The highest BCUT2D eigenvalue weighted by Crippen LogP contribution is 2.33. The number of Topliss-reactive ketones (excluding diaryl/α,β-unsaturated/α-hetero) is 2. The fourth-order valence-electron chi connectivity index (χ4n) is 3.86. The molecule has 0 amide bonds. The van der Waals surface area contributed by atoms with Crippen molar-refractivity contribution >= 4 is 46.3 Å². The summed E-state index contributed by atoms with van der Waals surface area (Å²) in [5.74, 6) is 0.143. The van der Waals surface area contributed by atoms with Crippen molar-refractivity contribution in [3.8, 4) is 0 Å². The molecule has 9 heteroatoms. The van der Waals surface area contributed by atoms with Crippen LogP contribution in [0.1, 0.15) is 45.9 Å². The molecule has 6 nitrogen and oxygen atoms in total. The Labute approximate surface area is 190 Å². The number of nitrogens with one attached hydrogen (secondary N) is 1. The number of aromatic nitrogens is 1. The molecular formula is C22H25ClFN3O3S.